The third-order valence-electron chi connectivity index (χ3n) is 3.55. The van der Waals surface area contributed by atoms with Crippen molar-refractivity contribution in [2.75, 3.05) is 13.7 Å². The third-order valence-corrected chi connectivity index (χ3v) is 3.55. The number of amides is 1. The smallest absolute Gasteiger partial charge is 0.310 e. The summed E-state index contributed by atoms with van der Waals surface area (Å²) in [6.07, 6.45) is 3.29. The molecule has 1 atom stereocenters. The molecular weight excluding hydrogens is 311 g/mol. The quantitative estimate of drug-likeness (QED) is 0.764. The molecule has 0 spiro atoms. The van der Waals surface area contributed by atoms with Crippen LogP contribution in [0.25, 0.3) is 0 Å². The Labute approximate surface area is 140 Å². The van der Waals surface area contributed by atoms with Gasteiger partial charge < -0.3 is 9.64 Å². The number of carbonyl (C=O) groups excluding carboxylic acids is 2. The highest BCUT2D eigenvalue weighted by Crippen LogP contribution is 2.14. The first-order chi connectivity index (χ1) is 11.5. The minimum atomic E-state index is -0.496. The normalized spacial score (nSPS) is 11.6. The van der Waals surface area contributed by atoms with Gasteiger partial charge in [-0.15, -0.1) is 0 Å². The molecule has 1 amide bonds. The molecule has 2 aromatic rings. The Morgan fingerprint density at radius 2 is 2.08 bits per heavy atom. The fourth-order valence-electron chi connectivity index (χ4n) is 2.34. The molecule has 2 rings (SSSR count). The molecule has 0 bridgehead atoms. The number of methoxy groups -OCH3 is 1. The zero-order valence-electron chi connectivity index (χ0n) is 13.6. The van der Waals surface area contributed by atoms with E-state index in [1.165, 1.54) is 30.2 Å². The van der Waals surface area contributed by atoms with E-state index >= 15 is 0 Å². The number of rotatable bonds is 6. The number of pyridine rings is 1. The van der Waals surface area contributed by atoms with Crippen LogP contribution in [-0.4, -0.2) is 35.4 Å². The largest absolute Gasteiger partial charge is 0.469 e. The lowest BCUT2D eigenvalue weighted by Gasteiger charge is -2.25. The van der Waals surface area contributed by atoms with Crippen LogP contribution >= 0.6 is 0 Å². The van der Waals surface area contributed by atoms with Crippen LogP contribution < -0.4 is 0 Å². The maximum Gasteiger partial charge on any atom is 0.310 e. The van der Waals surface area contributed by atoms with E-state index in [4.69, 9.17) is 4.74 Å². The molecular formula is C18H19FN2O3. The number of ether oxygens (including phenoxy) is 1. The summed E-state index contributed by atoms with van der Waals surface area (Å²) in [6.45, 7) is 2.11. The summed E-state index contributed by atoms with van der Waals surface area (Å²) in [6, 6.07) is 9.09. The standard InChI is InChI=1S/C18H19FN2O3/c1-13(18(23)24-2)11-21(12-14-5-4-8-20-10-14)17(22)15-6-3-7-16(19)9-15/h3-10,13H,11-12H2,1-2H3. The van der Waals surface area contributed by atoms with Crippen LogP contribution in [0.4, 0.5) is 4.39 Å². The van der Waals surface area contributed by atoms with Crippen LogP contribution in [0.3, 0.4) is 0 Å². The molecule has 0 aliphatic rings. The van der Waals surface area contributed by atoms with Crippen LogP contribution in [0, 0.1) is 11.7 Å². The van der Waals surface area contributed by atoms with Crippen LogP contribution in [0.5, 0.6) is 0 Å². The first-order valence-corrected chi connectivity index (χ1v) is 7.53. The first kappa shape index (κ1) is 17.6. The van der Waals surface area contributed by atoms with Crippen molar-refractivity contribution in [2.24, 2.45) is 5.92 Å². The second-order valence-corrected chi connectivity index (χ2v) is 5.48. The molecule has 0 aliphatic carbocycles. The average molecular weight is 330 g/mol. The highest BCUT2D eigenvalue weighted by Gasteiger charge is 2.23. The molecule has 0 saturated heterocycles. The zero-order valence-corrected chi connectivity index (χ0v) is 13.6. The van der Waals surface area contributed by atoms with Crippen molar-refractivity contribution in [1.29, 1.82) is 0 Å². The molecule has 1 heterocycles. The molecule has 0 aliphatic heterocycles. The zero-order chi connectivity index (χ0) is 17.5. The Bertz CT molecular complexity index is 706. The Morgan fingerprint density at radius 3 is 2.71 bits per heavy atom. The minimum Gasteiger partial charge on any atom is -0.469 e. The van der Waals surface area contributed by atoms with Gasteiger partial charge in [0.15, 0.2) is 0 Å². The number of carbonyl (C=O) groups is 2. The predicted molar refractivity (Wildman–Crippen MR) is 86.6 cm³/mol. The van der Waals surface area contributed by atoms with Crippen LogP contribution in [-0.2, 0) is 16.1 Å². The first-order valence-electron chi connectivity index (χ1n) is 7.53. The number of halogens is 1. The van der Waals surface area contributed by atoms with Crippen molar-refractivity contribution in [3.63, 3.8) is 0 Å². The van der Waals surface area contributed by atoms with Gasteiger partial charge in [-0.1, -0.05) is 19.1 Å². The van der Waals surface area contributed by atoms with E-state index in [1.807, 2.05) is 6.07 Å². The van der Waals surface area contributed by atoms with Gasteiger partial charge in [0.2, 0.25) is 0 Å². The Kier molecular flexibility index (Phi) is 6.01. The second-order valence-electron chi connectivity index (χ2n) is 5.48. The molecule has 0 radical (unpaired) electrons. The van der Waals surface area contributed by atoms with Gasteiger partial charge in [0, 0.05) is 31.0 Å². The summed E-state index contributed by atoms with van der Waals surface area (Å²) < 4.78 is 18.1. The van der Waals surface area contributed by atoms with Crippen molar-refractivity contribution in [3.05, 3.63) is 65.7 Å². The van der Waals surface area contributed by atoms with Crippen molar-refractivity contribution < 1.29 is 18.7 Å². The summed E-state index contributed by atoms with van der Waals surface area (Å²) in [5, 5.41) is 0. The van der Waals surface area contributed by atoms with Gasteiger partial charge in [0.1, 0.15) is 5.82 Å². The SMILES string of the molecule is COC(=O)C(C)CN(Cc1cccnc1)C(=O)c1cccc(F)c1. The minimum absolute atomic E-state index is 0.164. The maximum atomic E-state index is 13.4. The molecule has 24 heavy (non-hydrogen) atoms. The highest BCUT2D eigenvalue weighted by atomic mass is 19.1. The van der Waals surface area contributed by atoms with Crippen LogP contribution in [0.1, 0.15) is 22.8 Å². The molecule has 6 heteroatoms. The van der Waals surface area contributed by atoms with E-state index in [-0.39, 0.29) is 24.6 Å². The molecule has 126 valence electrons. The van der Waals surface area contributed by atoms with Gasteiger partial charge in [-0.25, -0.2) is 4.39 Å². The average Bonchev–Trinajstić information content (AvgIpc) is 2.60. The molecule has 1 unspecified atom stereocenters. The van der Waals surface area contributed by atoms with E-state index in [0.29, 0.717) is 0 Å². The lowest BCUT2D eigenvalue weighted by atomic mass is 10.1. The van der Waals surface area contributed by atoms with Gasteiger partial charge in [-0.2, -0.15) is 0 Å². The fourth-order valence-corrected chi connectivity index (χ4v) is 2.34. The van der Waals surface area contributed by atoms with E-state index in [2.05, 4.69) is 4.98 Å². The molecule has 0 fully saturated rings. The van der Waals surface area contributed by atoms with Gasteiger partial charge in [0.05, 0.1) is 13.0 Å². The number of aromatic nitrogens is 1. The van der Waals surface area contributed by atoms with E-state index < -0.39 is 17.7 Å². The summed E-state index contributed by atoms with van der Waals surface area (Å²) in [7, 11) is 1.30. The van der Waals surface area contributed by atoms with Crippen molar-refractivity contribution in [2.45, 2.75) is 13.5 Å². The summed E-state index contributed by atoms with van der Waals surface area (Å²) in [4.78, 5) is 29.9. The maximum absolute atomic E-state index is 13.4. The highest BCUT2D eigenvalue weighted by molar-refractivity contribution is 5.94. The number of hydrogen-bond donors (Lipinski definition) is 0. The molecule has 5 nitrogen and oxygen atoms in total. The van der Waals surface area contributed by atoms with E-state index in [9.17, 15) is 14.0 Å². The van der Waals surface area contributed by atoms with Gasteiger partial charge in [-0.3, -0.25) is 14.6 Å². The lowest BCUT2D eigenvalue weighted by Crippen LogP contribution is -2.37. The Morgan fingerprint density at radius 1 is 1.29 bits per heavy atom. The summed E-state index contributed by atoms with van der Waals surface area (Å²) >= 11 is 0. The van der Waals surface area contributed by atoms with Crippen LogP contribution in [0.15, 0.2) is 48.8 Å². The topological polar surface area (TPSA) is 59.5 Å². The molecule has 0 saturated carbocycles. The van der Waals surface area contributed by atoms with Crippen LogP contribution in [0.2, 0.25) is 0 Å². The third kappa shape index (κ3) is 4.62. The monoisotopic (exact) mass is 330 g/mol. The van der Waals surface area contributed by atoms with Gasteiger partial charge in [-0.05, 0) is 29.8 Å². The summed E-state index contributed by atoms with van der Waals surface area (Å²) in [5.41, 5.74) is 1.05. The summed E-state index contributed by atoms with van der Waals surface area (Å²) in [5.74, 6) is -1.74. The van der Waals surface area contributed by atoms with E-state index in [0.717, 1.165) is 5.56 Å². The molecule has 0 N–H and O–H groups in total. The number of nitrogens with zero attached hydrogens (tertiary/aromatic N) is 2. The molecule has 1 aromatic heterocycles. The lowest BCUT2D eigenvalue weighted by molar-refractivity contribution is -0.145. The predicted octanol–water partition coefficient (Wildman–Crippen LogP) is 2.67. The van der Waals surface area contributed by atoms with E-state index in [1.54, 1.807) is 31.5 Å². The molecule has 1 aromatic carbocycles. The van der Waals surface area contributed by atoms with Crippen molar-refractivity contribution in [1.82, 2.24) is 9.88 Å². The number of esters is 1. The fraction of sp³-hybridized carbons (Fsp3) is 0.278. The van der Waals surface area contributed by atoms with Gasteiger partial charge in [0.25, 0.3) is 5.91 Å². The number of benzene rings is 1. The van der Waals surface area contributed by atoms with Crippen molar-refractivity contribution in [3.8, 4) is 0 Å². The second kappa shape index (κ2) is 8.19. The van der Waals surface area contributed by atoms with Crippen molar-refractivity contribution >= 4 is 11.9 Å². The Hall–Kier alpha value is -2.76. The number of hydrogen-bond acceptors (Lipinski definition) is 4. The van der Waals surface area contributed by atoms with Gasteiger partial charge >= 0.3 is 5.97 Å². The Balaban J connectivity index is 2.24.